The fourth-order valence-corrected chi connectivity index (χ4v) is 4.05. The van der Waals surface area contributed by atoms with E-state index >= 15 is 0 Å². The predicted octanol–water partition coefficient (Wildman–Crippen LogP) is 4.06. The molecule has 2 atom stereocenters. The maximum atomic E-state index is 14.5. The van der Waals surface area contributed by atoms with Crippen LogP contribution in [0, 0.1) is 0 Å². The van der Waals surface area contributed by atoms with Crippen LogP contribution in [0.2, 0.25) is 0 Å². The molecule has 2 aromatic carbocycles. The number of halogens is 1. The number of aryl methyl sites for hydroxylation is 1. The zero-order chi connectivity index (χ0) is 19.1. The van der Waals surface area contributed by atoms with Crippen molar-refractivity contribution in [1.29, 1.82) is 0 Å². The molecule has 0 radical (unpaired) electrons. The van der Waals surface area contributed by atoms with E-state index in [0.717, 1.165) is 11.1 Å². The highest BCUT2D eigenvalue weighted by Crippen LogP contribution is 2.25. The lowest BCUT2D eigenvalue weighted by atomic mass is 10.1. The highest BCUT2D eigenvalue weighted by Gasteiger charge is 2.34. The van der Waals surface area contributed by atoms with Gasteiger partial charge in [0, 0.05) is 43.8 Å². The number of ether oxygens (including phenoxy) is 1. The molecule has 1 aliphatic rings. The van der Waals surface area contributed by atoms with Crippen molar-refractivity contribution in [3.63, 3.8) is 0 Å². The van der Waals surface area contributed by atoms with Gasteiger partial charge < -0.3 is 13.7 Å². The summed E-state index contributed by atoms with van der Waals surface area (Å²) in [6.45, 7) is 1.83. The number of hydrogen-bond acceptors (Lipinski definition) is 4. The quantitative estimate of drug-likeness (QED) is 0.525. The average Bonchev–Trinajstić information content (AvgIpc) is 3.36. The second-order valence-corrected chi connectivity index (χ2v) is 7.42. The Morgan fingerprint density at radius 3 is 2.86 bits per heavy atom. The Morgan fingerprint density at radius 1 is 1.14 bits per heavy atom. The van der Waals surface area contributed by atoms with Crippen molar-refractivity contribution in [3.05, 3.63) is 66.2 Å². The van der Waals surface area contributed by atoms with Crippen molar-refractivity contribution >= 4 is 22.0 Å². The molecular formula is C22H22FN3O2. The average molecular weight is 379 g/mol. The minimum atomic E-state index is -1.01. The summed E-state index contributed by atoms with van der Waals surface area (Å²) in [5, 5.41) is 1.22. The van der Waals surface area contributed by atoms with Crippen LogP contribution in [-0.2, 0) is 24.9 Å². The van der Waals surface area contributed by atoms with Crippen molar-refractivity contribution < 1.29 is 13.5 Å². The minimum absolute atomic E-state index is 0.182. The van der Waals surface area contributed by atoms with Crippen molar-refractivity contribution in [3.8, 4) is 0 Å². The van der Waals surface area contributed by atoms with E-state index in [9.17, 15) is 4.39 Å². The number of fused-ring (bicyclic) bond motifs is 2. The van der Waals surface area contributed by atoms with Crippen LogP contribution < -0.4 is 0 Å². The maximum Gasteiger partial charge on any atom is 0.221 e. The van der Waals surface area contributed by atoms with E-state index in [1.165, 1.54) is 16.5 Å². The zero-order valence-electron chi connectivity index (χ0n) is 15.7. The number of benzene rings is 2. The highest BCUT2D eigenvalue weighted by atomic mass is 19.1. The monoisotopic (exact) mass is 379 g/mol. The number of alkyl halides is 1. The Hall–Kier alpha value is -2.70. The SMILES string of the molecule is Cn1cc(CN2CC(F)C(OCc3nc4ccccc4o3)C2)c2ccccc21. The molecule has 2 unspecified atom stereocenters. The summed E-state index contributed by atoms with van der Waals surface area (Å²) in [4.78, 5) is 6.51. The molecular weight excluding hydrogens is 357 g/mol. The summed E-state index contributed by atoms with van der Waals surface area (Å²) < 4.78 is 28.1. The van der Waals surface area contributed by atoms with Gasteiger partial charge in [-0.05, 0) is 23.8 Å². The summed E-state index contributed by atoms with van der Waals surface area (Å²) in [6.07, 6.45) is 0.647. The van der Waals surface area contributed by atoms with Gasteiger partial charge in [0.1, 0.15) is 24.4 Å². The van der Waals surface area contributed by atoms with Crippen molar-refractivity contribution in [1.82, 2.24) is 14.5 Å². The number of para-hydroxylation sites is 3. The van der Waals surface area contributed by atoms with Crippen LogP contribution in [-0.4, -0.2) is 39.8 Å². The first kappa shape index (κ1) is 17.4. The molecule has 5 rings (SSSR count). The van der Waals surface area contributed by atoms with E-state index in [-0.39, 0.29) is 6.61 Å². The van der Waals surface area contributed by atoms with Gasteiger partial charge in [0.2, 0.25) is 5.89 Å². The largest absolute Gasteiger partial charge is 0.438 e. The van der Waals surface area contributed by atoms with Crippen molar-refractivity contribution in [2.45, 2.75) is 25.4 Å². The molecule has 5 nitrogen and oxygen atoms in total. The Labute approximate surface area is 162 Å². The third kappa shape index (κ3) is 3.19. The van der Waals surface area contributed by atoms with Gasteiger partial charge in [-0.3, -0.25) is 4.90 Å². The second kappa shape index (κ2) is 7.04. The maximum absolute atomic E-state index is 14.5. The molecule has 2 aromatic heterocycles. The third-order valence-corrected chi connectivity index (χ3v) is 5.41. The van der Waals surface area contributed by atoms with Gasteiger partial charge in [-0.15, -0.1) is 0 Å². The van der Waals surface area contributed by atoms with Crippen LogP contribution in [0.4, 0.5) is 4.39 Å². The molecule has 1 saturated heterocycles. The van der Waals surface area contributed by atoms with Crippen LogP contribution in [0.1, 0.15) is 11.5 Å². The van der Waals surface area contributed by atoms with Gasteiger partial charge in [-0.2, -0.15) is 0 Å². The molecule has 4 aromatic rings. The first-order valence-corrected chi connectivity index (χ1v) is 9.53. The highest BCUT2D eigenvalue weighted by molar-refractivity contribution is 5.83. The molecule has 0 N–H and O–H groups in total. The Morgan fingerprint density at radius 2 is 1.96 bits per heavy atom. The normalized spacial score (nSPS) is 20.5. The number of oxazole rings is 1. The number of likely N-dealkylation sites (tertiary alicyclic amines) is 1. The minimum Gasteiger partial charge on any atom is -0.438 e. The smallest absolute Gasteiger partial charge is 0.221 e. The molecule has 6 heteroatoms. The van der Waals surface area contributed by atoms with E-state index in [0.29, 0.717) is 25.5 Å². The first-order valence-electron chi connectivity index (χ1n) is 9.53. The number of rotatable bonds is 5. The van der Waals surface area contributed by atoms with Crippen LogP contribution in [0.5, 0.6) is 0 Å². The standard InChI is InChI=1S/C22H22FN3O2/c1-25-10-15(16-6-2-4-8-19(16)25)11-26-12-17(23)21(13-26)27-14-22-24-18-7-3-5-9-20(18)28-22/h2-10,17,21H,11-14H2,1H3. The molecule has 1 fully saturated rings. The summed E-state index contributed by atoms with van der Waals surface area (Å²) in [6, 6.07) is 15.9. The van der Waals surface area contributed by atoms with E-state index in [2.05, 4.69) is 32.8 Å². The lowest BCUT2D eigenvalue weighted by Crippen LogP contribution is -2.24. The number of hydrogen-bond donors (Lipinski definition) is 0. The molecule has 0 aliphatic carbocycles. The summed E-state index contributed by atoms with van der Waals surface area (Å²) >= 11 is 0. The molecule has 0 spiro atoms. The van der Waals surface area contributed by atoms with E-state index in [4.69, 9.17) is 9.15 Å². The first-order chi connectivity index (χ1) is 13.7. The second-order valence-electron chi connectivity index (χ2n) is 7.42. The molecule has 0 amide bonds. The lowest BCUT2D eigenvalue weighted by Gasteiger charge is -2.15. The Kier molecular flexibility index (Phi) is 4.37. The molecule has 0 saturated carbocycles. The van der Waals surface area contributed by atoms with Gasteiger partial charge in [-0.1, -0.05) is 30.3 Å². The van der Waals surface area contributed by atoms with Gasteiger partial charge in [-0.25, -0.2) is 9.37 Å². The van der Waals surface area contributed by atoms with Gasteiger partial charge in [0.15, 0.2) is 5.58 Å². The summed E-state index contributed by atoms with van der Waals surface area (Å²) in [5.74, 6) is 0.487. The molecule has 3 heterocycles. The van der Waals surface area contributed by atoms with Crippen molar-refractivity contribution in [2.75, 3.05) is 13.1 Å². The summed E-state index contributed by atoms with van der Waals surface area (Å²) in [7, 11) is 2.04. The predicted molar refractivity (Wildman–Crippen MR) is 106 cm³/mol. The summed E-state index contributed by atoms with van der Waals surface area (Å²) in [5.41, 5.74) is 3.92. The lowest BCUT2D eigenvalue weighted by molar-refractivity contribution is 0.00239. The Balaban J connectivity index is 1.24. The van der Waals surface area contributed by atoms with Crippen molar-refractivity contribution in [2.24, 2.45) is 7.05 Å². The number of aromatic nitrogens is 2. The zero-order valence-corrected chi connectivity index (χ0v) is 15.7. The van der Waals surface area contributed by atoms with Crippen LogP contribution in [0.25, 0.3) is 22.0 Å². The molecule has 0 bridgehead atoms. The van der Waals surface area contributed by atoms with Gasteiger partial charge >= 0.3 is 0 Å². The topological polar surface area (TPSA) is 43.4 Å². The van der Waals surface area contributed by atoms with E-state index in [1.54, 1.807) is 0 Å². The Bertz CT molecular complexity index is 1090. The van der Waals surface area contributed by atoms with E-state index < -0.39 is 12.3 Å². The fourth-order valence-electron chi connectivity index (χ4n) is 4.05. The molecule has 1 aliphatic heterocycles. The number of nitrogens with zero attached hydrogens (tertiary/aromatic N) is 3. The van der Waals surface area contributed by atoms with Crippen LogP contribution in [0.3, 0.4) is 0 Å². The molecule has 28 heavy (non-hydrogen) atoms. The van der Waals surface area contributed by atoms with E-state index in [1.807, 2.05) is 43.4 Å². The third-order valence-electron chi connectivity index (χ3n) is 5.41. The fraction of sp³-hybridized carbons (Fsp3) is 0.318. The van der Waals surface area contributed by atoms with Gasteiger partial charge in [0.25, 0.3) is 0 Å². The molecule has 144 valence electrons. The van der Waals surface area contributed by atoms with Crippen LogP contribution >= 0.6 is 0 Å². The van der Waals surface area contributed by atoms with Crippen LogP contribution in [0.15, 0.2) is 59.1 Å². The van der Waals surface area contributed by atoms with Gasteiger partial charge in [0.05, 0.1) is 0 Å².